The van der Waals surface area contributed by atoms with E-state index in [-0.39, 0.29) is 0 Å². The molecule has 4 heteroatoms. The molecule has 0 saturated carbocycles. The Kier molecular flexibility index (Phi) is 6.92. The number of methoxy groups -OCH3 is 2. The monoisotopic (exact) mass is 382 g/mol. The van der Waals surface area contributed by atoms with Gasteiger partial charge in [-0.2, -0.15) is 0 Å². The van der Waals surface area contributed by atoms with E-state index in [2.05, 4.69) is 54.6 Å². The highest BCUT2D eigenvalue weighted by Gasteiger charge is 2.14. The van der Waals surface area contributed by atoms with Crippen LogP contribution in [0.5, 0.6) is 11.5 Å². The fraction of sp³-hybridized carbons (Fsp3) is 0.182. The average molecular weight is 383 g/mol. The summed E-state index contributed by atoms with van der Waals surface area (Å²) in [7, 11) is 3.39. The molecule has 0 atom stereocenters. The number of hydrogen-bond donors (Lipinski definition) is 0. The molecule has 0 aliphatic rings. The molecule has 2 nitrogen and oxygen atoms in total. The Hall–Kier alpha value is -2.04. The molecule has 26 heavy (non-hydrogen) atoms. The van der Waals surface area contributed by atoms with E-state index in [4.69, 9.17) is 9.47 Å². The molecule has 0 aliphatic heterocycles. The van der Waals surface area contributed by atoms with E-state index in [9.17, 15) is 0 Å². The number of hydrogen-bond acceptors (Lipinski definition) is 4. The van der Waals surface area contributed by atoms with Gasteiger partial charge >= 0.3 is 0 Å². The first-order valence-corrected chi connectivity index (χ1v) is 10.2. The van der Waals surface area contributed by atoms with Crippen LogP contribution in [0.2, 0.25) is 0 Å². The largest absolute Gasteiger partial charge is 0.497 e. The van der Waals surface area contributed by atoms with Gasteiger partial charge in [0.25, 0.3) is 0 Å². The van der Waals surface area contributed by atoms with Crippen LogP contribution >= 0.6 is 23.5 Å². The van der Waals surface area contributed by atoms with Crippen LogP contribution in [0.1, 0.15) is 5.56 Å². The first kappa shape index (κ1) is 18.7. The van der Waals surface area contributed by atoms with Crippen molar-refractivity contribution >= 4 is 23.5 Å². The first-order valence-electron chi connectivity index (χ1n) is 8.42. The molecule has 0 fully saturated rings. The molecular weight excluding hydrogens is 360 g/mol. The molecule has 0 unspecified atom stereocenters. The van der Waals surface area contributed by atoms with E-state index in [1.165, 1.54) is 15.4 Å². The first-order chi connectivity index (χ1) is 12.8. The van der Waals surface area contributed by atoms with Crippen molar-refractivity contribution in [3.05, 3.63) is 84.4 Å². The molecule has 0 spiro atoms. The molecule has 0 radical (unpaired) electrons. The summed E-state index contributed by atoms with van der Waals surface area (Å²) in [6.45, 7) is 0. The Morgan fingerprint density at radius 2 is 1.12 bits per heavy atom. The van der Waals surface area contributed by atoms with Crippen molar-refractivity contribution in [2.24, 2.45) is 0 Å². The maximum absolute atomic E-state index is 5.26. The normalized spacial score (nSPS) is 10.7. The minimum absolute atomic E-state index is 0.374. The van der Waals surface area contributed by atoms with Crippen LogP contribution in [-0.4, -0.2) is 18.8 Å². The van der Waals surface area contributed by atoms with Gasteiger partial charge in [-0.25, -0.2) is 0 Å². The zero-order valence-corrected chi connectivity index (χ0v) is 16.6. The third kappa shape index (κ3) is 5.48. The second-order valence-electron chi connectivity index (χ2n) is 5.71. The molecule has 0 aliphatic carbocycles. The molecule has 0 N–H and O–H groups in total. The van der Waals surface area contributed by atoms with E-state index in [1.54, 1.807) is 14.2 Å². The topological polar surface area (TPSA) is 18.5 Å². The molecule has 0 aromatic heterocycles. The van der Waals surface area contributed by atoms with Crippen molar-refractivity contribution < 1.29 is 9.47 Å². The van der Waals surface area contributed by atoms with E-state index < -0.39 is 0 Å². The van der Waals surface area contributed by atoms with Gasteiger partial charge in [-0.05, 0) is 60.5 Å². The number of benzene rings is 3. The Balaban J connectivity index is 1.75. The van der Waals surface area contributed by atoms with E-state index in [0.717, 1.165) is 17.9 Å². The fourth-order valence-electron chi connectivity index (χ4n) is 2.53. The minimum atomic E-state index is 0.374. The van der Waals surface area contributed by atoms with Crippen LogP contribution in [-0.2, 0) is 6.42 Å². The van der Waals surface area contributed by atoms with Crippen LogP contribution in [0.25, 0.3) is 0 Å². The molecule has 0 heterocycles. The van der Waals surface area contributed by atoms with Crippen LogP contribution in [0.15, 0.2) is 88.7 Å². The number of thioether (sulfide) groups is 2. The molecule has 0 amide bonds. The highest BCUT2D eigenvalue weighted by Crippen LogP contribution is 2.38. The summed E-state index contributed by atoms with van der Waals surface area (Å²) in [5.74, 6) is 1.77. The Morgan fingerprint density at radius 3 is 1.54 bits per heavy atom. The van der Waals surface area contributed by atoms with Gasteiger partial charge < -0.3 is 9.47 Å². The summed E-state index contributed by atoms with van der Waals surface area (Å²) in [6, 6.07) is 27.2. The minimum Gasteiger partial charge on any atom is -0.497 e. The Labute approximate surface area is 163 Å². The molecule has 134 valence electrons. The molecular formula is C22H22O2S2. The van der Waals surface area contributed by atoms with Crippen molar-refractivity contribution in [2.75, 3.05) is 14.2 Å². The van der Waals surface area contributed by atoms with E-state index >= 15 is 0 Å². The lowest BCUT2D eigenvalue weighted by Crippen LogP contribution is -2.02. The van der Waals surface area contributed by atoms with Crippen molar-refractivity contribution in [3.8, 4) is 11.5 Å². The third-order valence-corrected chi connectivity index (χ3v) is 6.42. The lowest BCUT2D eigenvalue weighted by molar-refractivity contribution is 0.414. The standard InChI is InChI=1S/C22H22O2S2/c1-23-18-8-12-20(13-9-18)25-22(16-17-6-4-3-5-7-17)26-21-14-10-19(24-2)11-15-21/h3-15,22H,16H2,1-2H3. The van der Waals surface area contributed by atoms with Gasteiger partial charge in [-0.15, -0.1) is 23.5 Å². The second-order valence-corrected chi connectivity index (χ2v) is 8.56. The Morgan fingerprint density at radius 1 is 0.654 bits per heavy atom. The zero-order valence-electron chi connectivity index (χ0n) is 14.9. The maximum Gasteiger partial charge on any atom is 0.118 e. The van der Waals surface area contributed by atoms with Gasteiger partial charge in [0, 0.05) is 9.79 Å². The summed E-state index contributed by atoms with van der Waals surface area (Å²) in [4.78, 5) is 2.49. The van der Waals surface area contributed by atoms with E-state index in [1.807, 2.05) is 47.8 Å². The smallest absolute Gasteiger partial charge is 0.118 e. The lowest BCUT2D eigenvalue weighted by Gasteiger charge is -2.17. The van der Waals surface area contributed by atoms with Crippen LogP contribution < -0.4 is 9.47 Å². The van der Waals surface area contributed by atoms with Crippen molar-refractivity contribution in [1.29, 1.82) is 0 Å². The predicted molar refractivity (Wildman–Crippen MR) is 112 cm³/mol. The molecule has 3 rings (SSSR count). The summed E-state index contributed by atoms with van der Waals surface area (Å²) >= 11 is 3.77. The quantitative estimate of drug-likeness (QED) is 0.343. The molecule has 3 aromatic carbocycles. The lowest BCUT2D eigenvalue weighted by atomic mass is 10.2. The highest BCUT2D eigenvalue weighted by molar-refractivity contribution is 8.17. The van der Waals surface area contributed by atoms with Crippen molar-refractivity contribution in [3.63, 3.8) is 0 Å². The second kappa shape index (κ2) is 9.60. The molecule has 0 bridgehead atoms. The van der Waals surface area contributed by atoms with Crippen molar-refractivity contribution in [2.45, 2.75) is 20.8 Å². The van der Waals surface area contributed by atoms with Gasteiger partial charge in [-0.1, -0.05) is 30.3 Å². The van der Waals surface area contributed by atoms with E-state index in [0.29, 0.717) is 4.58 Å². The maximum atomic E-state index is 5.26. The Bertz CT molecular complexity index is 737. The SMILES string of the molecule is COc1ccc(SC(Cc2ccccc2)Sc2ccc(OC)cc2)cc1. The van der Waals surface area contributed by atoms with Crippen LogP contribution in [0.3, 0.4) is 0 Å². The van der Waals surface area contributed by atoms with Crippen molar-refractivity contribution in [1.82, 2.24) is 0 Å². The summed E-state index contributed by atoms with van der Waals surface area (Å²) < 4.78 is 10.9. The van der Waals surface area contributed by atoms with Crippen LogP contribution in [0, 0.1) is 0 Å². The number of ether oxygens (including phenoxy) is 2. The fourth-order valence-corrected chi connectivity index (χ4v) is 5.13. The summed E-state index contributed by atoms with van der Waals surface area (Å²) in [6.07, 6.45) is 0.994. The van der Waals surface area contributed by atoms with Gasteiger partial charge in [0.1, 0.15) is 11.5 Å². The summed E-state index contributed by atoms with van der Waals surface area (Å²) in [5.41, 5.74) is 1.35. The van der Waals surface area contributed by atoms with Crippen LogP contribution in [0.4, 0.5) is 0 Å². The molecule has 0 saturated heterocycles. The van der Waals surface area contributed by atoms with Gasteiger partial charge in [0.05, 0.1) is 18.8 Å². The predicted octanol–water partition coefficient (Wildman–Crippen LogP) is 6.16. The average Bonchev–Trinajstić information content (AvgIpc) is 2.70. The van der Waals surface area contributed by atoms with Gasteiger partial charge in [0.2, 0.25) is 0 Å². The number of rotatable bonds is 8. The third-order valence-electron chi connectivity index (χ3n) is 3.90. The molecule has 3 aromatic rings. The highest BCUT2D eigenvalue weighted by atomic mass is 32.2. The van der Waals surface area contributed by atoms with Gasteiger partial charge in [0.15, 0.2) is 0 Å². The van der Waals surface area contributed by atoms with Gasteiger partial charge in [-0.3, -0.25) is 0 Å². The summed E-state index contributed by atoms with van der Waals surface area (Å²) in [5, 5.41) is 0. The zero-order chi connectivity index (χ0) is 18.2.